The lowest BCUT2D eigenvalue weighted by molar-refractivity contribution is -0.123. The number of thiophene rings is 1. The van der Waals surface area contributed by atoms with Crippen LogP contribution in [-0.2, 0) is 22.4 Å². The van der Waals surface area contributed by atoms with Gasteiger partial charge in [0.05, 0.1) is 5.56 Å². The molecule has 3 rings (SSSR count). The lowest BCUT2D eigenvalue weighted by Crippen LogP contribution is -2.30. The Hall–Kier alpha value is -2.14. The summed E-state index contributed by atoms with van der Waals surface area (Å²) in [6.07, 6.45) is 3.41. The van der Waals surface area contributed by atoms with Crippen LogP contribution >= 0.6 is 11.3 Å². The molecular weight excluding hydrogens is 322 g/mol. The standard InChI is InChI=1S/C19H21NO3S/c1-12-6-5-7-14(10-12)20-18(21)13(2)23-19(22)16-11-24-17-9-4-3-8-15(16)17/h5-7,10-11,13H,3-4,8-9H2,1-2H3,(H,20,21)/t13-/m1/s1. The zero-order chi connectivity index (χ0) is 17.1. The van der Waals surface area contributed by atoms with Crippen molar-refractivity contribution < 1.29 is 14.3 Å². The number of hydrogen-bond acceptors (Lipinski definition) is 4. The van der Waals surface area contributed by atoms with Crippen LogP contribution in [-0.4, -0.2) is 18.0 Å². The van der Waals surface area contributed by atoms with Crippen LogP contribution in [0.1, 0.15) is 46.1 Å². The van der Waals surface area contributed by atoms with Gasteiger partial charge in [0.1, 0.15) is 0 Å². The minimum Gasteiger partial charge on any atom is -0.449 e. The summed E-state index contributed by atoms with van der Waals surface area (Å²) in [5.74, 6) is -0.723. The molecule has 1 aromatic heterocycles. The molecule has 24 heavy (non-hydrogen) atoms. The zero-order valence-corrected chi connectivity index (χ0v) is 14.7. The van der Waals surface area contributed by atoms with Crippen LogP contribution in [0, 0.1) is 6.92 Å². The summed E-state index contributed by atoms with van der Waals surface area (Å²) >= 11 is 1.62. The Balaban J connectivity index is 1.63. The highest BCUT2D eigenvalue weighted by atomic mass is 32.1. The Morgan fingerprint density at radius 3 is 2.83 bits per heavy atom. The zero-order valence-electron chi connectivity index (χ0n) is 13.9. The first-order chi connectivity index (χ1) is 11.5. The molecule has 5 heteroatoms. The average molecular weight is 343 g/mol. The smallest absolute Gasteiger partial charge is 0.340 e. The summed E-state index contributed by atoms with van der Waals surface area (Å²) < 4.78 is 5.38. The van der Waals surface area contributed by atoms with Gasteiger partial charge >= 0.3 is 5.97 Å². The van der Waals surface area contributed by atoms with Crippen molar-refractivity contribution in [2.24, 2.45) is 0 Å². The van der Waals surface area contributed by atoms with Gasteiger partial charge in [-0.2, -0.15) is 0 Å². The van der Waals surface area contributed by atoms with E-state index in [0.717, 1.165) is 30.4 Å². The molecule has 0 fully saturated rings. The summed E-state index contributed by atoms with van der Waals surface area (Å²) in [5.41, 5.74) is 3.51. The second-order valence-corrected chi connectivity index (χ2v) is 7.13. The Bertz CT molecular complexity index is 766. The number of anilines is 1. The highest BCUT2D eigenvalue weighted by Gasteiger charge is 2.24. The third-order valence-electron chi connectivity index (χ3n) is 4.22. The Morgan fingerprint density at radius 1 is 1.25 bits per heavy atom. The molecule has 1 atom stereocenters. The first kappa shape index (κ1) is 16.7. The van der Waals surface area contributed by atoms with Gasteiger partial charge in [0.15, 0.2) is 6.10 Å². The molecular formula is C19H21NO3S. The number of aryl methyl sites for hydroxylation is 2. The number of esters is 1. The minimum atomic E-state index is -0.836. The summed E-state index contributed by atoms with van der Waals surface area (Å²) in [7, 11) is 0. The Morgan fingerprint density at radius 2 is 2.04 bits per heavy atom. The van der Waals surface area contributed by atoms with E-state index in [2.05, 4.69) is 5.32 Å². The van der Waals surface area contributed by atoms with Crippen molar-refractivity contribution in [3.63, 3.8) is 0 Å². The number of amides is 1. The van der Waals surface area contributed by atoms with Gasteiger partial charge in [-0.15, -0.1) is 11.3 Å². The van der Waals surface area contributed by atoms with Crippen LogP contribution < -0.4 is 5.32 Å². The van der Waals surface area contributed by atoms with E-state index in [4.69, 9.17) is 4.74 Å². The van der Waals surface area contributed by atoms with Crippen molar-refractivity contribution >= 4 is 28.9 Å². The summed E-state index contributed by atoms with van der Waals surface area (Å²) in [4.78, 5) is 25.9. The molecule has 1 aliphatic carbocycles. The minimum absolute atomic E-state index is 0.321. The van der Waals surface area contributed by atoms with Crippen molar-refractivity contribution in [1.82, 2.24) is 0 Å². The van der Waals surface area contributed by atoms with Crippen LogP contribution in [0.2, 0.25) is 0 Å². The van der Waals surface area contributed by atoms with E-state index >= 15 is 0 Å². The Labute approximate surface area is 145 Å². The number of carbonyl (C=O) groups excluding carboxylic acids is 2. The topological polar surface area (TPSA) is 55.4 Å². The molecule has 126 valence electrons. The number of benzene rings is 1. The fourth-order valence-corrected chi connectivity index (χ4v) is 4.02. The number of carbonyl (C=O) groups is 2. The van der Waals surface area contributed by atoms with Gasteiger partial charge in [-0.3, -0.25) is 4.79 Å². The molecule has 0 aliphatic heterocycles. The number of ether oxygens (including phenoxy) is 1. The summed E-state index contributed by atoms with van der Waals surface area (Å²) in [5, 5.41) is 4.65. The lowest BCUT2D eigenvalue weighted by atomic mass is 9.96. The molecule has 0 saturated heterocycles. The van der Waals surface area contributed by atoms with Gasteiger partial charge in [-0.05, 0) is 62.8 Å². The molecule has 0 radical (unpaired) electrons. The van der Waals surface area contributed by atoms with Crippen molar-refractivity contribution in [2.75, 3.05) is 5.32 Å². The van der Waals surface area contributed by atoms with Crippen LogP contribution in [0.4, 0.5) is 5.69 Å². The maximum atomic E-state index is 12.4. The predicted molar refractivity (Wildman–Crippen MR) is 95.6 cm³/mol. The van der Waals surface area contributed by atoms with Crippen molar-refractivity contribution in [2.45, 2.75) is 45.6 Å². The largest absolute Gasteiger partial charge is 0.449 e. The van der Waals surface area contributed by atoms with E-state index in [1.165, 1.54) is 11.3 Å². The third-order valence-corrected chi connectivity index (χ3v) is 5.31. The van der Waals surface area contributed by atoms with Gasteiger partial charge < -0.3 is 10.1 Å². The van der Waals surface area contributed by atoms with Crippen LogP contribution in [0.25, 0.3) is 0 Å². The molecule has 2 aromatic rings. The first-order valence-electron chi connectivity index (χ1n) is 8.22. The molecule has 0 bridgehead atoms. The maximum absolute atomic E-state index is 12.4. The average Bonchev–Trinajstić information content (AvgIpc) is 2.99. The van der Waals surface area contributed by atoms with Gasteiger partial charge in [0.25, 0.3) is 5.91 Å². The SMILES string of the molecule is Cc1cccc(NC(=O)[C@@H](C)OC(=O)c2csc3c2CCCC3)c1. The van der Waals surface area contributed by atoms with E-state index in [0.29, 0.717) is 11.3 Å². The van der Waals surface area contributed by atoms with Crippen LogP contribution in [0.5, 0.6) is 0 Å². The van der Waals surface area contributed by atoms with Crippen LogP contribution in [0.15, 0.2) is 29.6 Å². The predicted octanol–water partition coefficient (Wildman–Crippen LogP) is 4.12. The van der Waals surface area contributed by atoms with E-state index in [-0.39, 0.29) is 5.91 Å². The quantitative estimate of drug-likeness (QED) is 0.850. The summed E-state index contributed by atoms with van der Waals surface area (Å²) in [6.45, 7) is 3.56. The lowest BCUT2D eigenvalue weighted by Gasteiger charge is -2.15. The van der Waals surface area contributed by atoms with Gasteiger partial charge in [0.2, 0.25) is 0 Å². The number of hydrogen-bond donors (Lipinski definition) is 1. The third kappa shape index (κ3) is 3.67. The van der Waals surface area contributed by atoms with Gasteiger partial charge in [-0.25, -0.2) is 4.79 Å². The second-order valence-electron chi connectivity index (χ2n) is 6.16. The molecule has 1 aliphatic rings. The number of nitrogens with one attached hydrogen (secondary N) is 1. The van der Waals surface area contributed by atoms with E-state index in [1.54, 1.807) is 18.3 Å². The molecule has 1 amide bonds. The fourth-order valence-electron chi connectivity index (χ4n) is 2.91. The van der Waals surface area contributed by atoms with E-state index in [1.807, 2.05) is 36.6 Å². The van der Waals surface area contributed by atoms with Gasteiger partial charge in [0, 0.05) is 15.9 Å². The molecule has 1 heterocycles. The normalized spacial score (nSPS) is 14.6. The molecule has 0 spiro atoms. The molecule has 1 aromatic carbocycles. The highest BCUT2D eigenvalue weighted by Crippen LogP contribution is 2.30. The van der Waals surface area contributed by atoms with Crippen molar-refractivity contribution in [1.29, 1.82) is 0 Å². The van der Waals surface area contributed by atoms with Crippen LogP contribution in [0.3, 0.4) is 0 Å². The molecule has 0 unspecified atom stereocenters. The Kier molecular flexibility index (Phi) is 5.00. The van der Waals surface area contributed by atoms with E-state index in [9.17, 15) is 9.59 Å². The highest BCUT2D eigenvalue weighted by molar-refractivity contribution is 7.10. The summed E-state index contributed by atoms with van der Waals surface area (Å²) in [6, 6.07) is 7.52. The monoisotopic (exact) mass is 343 g/mol. The maximum Gasteiger partial charge on any atom is 0.340 e. The molecule has 4 nitrogen and oxygen atoms in total. The fraction of sp³-hybridized carbons (Fsp3) is 0.368. The molecule has 1 N–H and O–H groups in total. The number of fused-ring (bicyclic) bond motifs is 1. The van der Waals surface area contributed by atoms with Gasteiger partial charge in [-0.1, -0.05) is 12.1 Å². The number of rotatable bonds is 4. The van der Waals surface area contributed by atoms with E-state index < -0.39 is 12.1 Å². The molecule has 0 saturated carbocycles. The van der Waals surface area contributed by atoms with Crippen molar-refractivity contribution in [3.8, 4) is 0 Å². The first-order valence-corrected chi connectivity index (χ1v) is 9.10. The van der Waals surface area contributed by atoms with Crippen molar-refractivity contribution in [3.05, 3.63) is 51.2 Å². The second kappa shape index (κ2) is 7.18.